The monoisotopic (exact) mass is 286 g/mol. The van der Waals surface area contributed by atoms with Crippen LogP contribution in [0.1, 0.15) is 43.4 Å². The summed E-state index contributed by atoms with van der Waals surface area (Å²) in [4.78, 5) is 28.6. The molecule has 0 aliphatic carbocycles. The molecule has 0 aromatic heterocycles. The lowest BCUT2D eigenvalue weighted by Gasteiger charge is -2.30. The van der Waals surface area contributed by atoms with Crippen LogP contribution in [0.15, 0.2) is 24.3 Å². The average Bonchev–Trinajstić information content (AvgIpc) is 2.93. The Morgan fingerprint density at radius 1 is 1.14 bits per heavy atom. The van der Waals surface area contributed by atoms with Crippen molar-refractivity contribution in [3.63, 3.8) is 0 Å². The molecule has 2 aliphatic rings. The van der Waals surface area contributed by atoms with Gasteiger partial charge in [-0.05, 0) is 32.3 Å². The van der Waals surface area contributed by atoms with Gasteiger partial charge in [0.1, 0.15) is 6.04 Å². The summed E-state index contributed by atoms with van der Waals surface area (Å²) in [5, 5.41) is 0. The van der Waals surface area contributed by atoms with E-state index < -0.39 is 0 Å². The third-order valence-electron chi connectivity index (χ3n) is 4.74. The molecular formula is C17H22N2O2. The lowest BCUT2D eigenvalue weighted by atomic mass is 10.0. The standard InChI is InChI=1S/C17H22N2O2/c1-12-5-7-14(8-6-12)13(2)18-11-9-16(20)19-10-3-4-15(19)17(18)21/h5-8,13,15H,3-4,9-11H2,1-2H3. The number of hydrogen-bond donors (Lipinski definition) is 0. The van der Waals surface area contributed by atoms with Crippen LogP contribution in [-0.2, 0) is 9.59 Å². The molecule has 0 bridgehead atoms. The van der Waals surface area contributed by atoms with Gasteiger partial charge in [-0.1, -0.05) is 29.8 Å². The lowest BCUT2D eigenvalue weighted by Crippen LogP contribution is -2.44. The molecule has 4 nitrogen and oxygen atoms in total. The smallest absolute Gasteiger partial charge is 0.245 e. The minimum Gasteiger partial charge on any atom is -0.334 e. The molecule has 2 saturated heterocycles. The van der Waals surface area contributed by atoms with Crippen LogP contribution >= 0.6 is 0 Å². The van der Waals surface area contributed by atoms with E-state index in [1.165, 1.54) is 5.56 Å². The van der Waals surface area contributed by atoms with Crippen molar-refractivity contribution in [1.82, 2.24) is 9.80 Å². The molecule has 1 aromatic rings. The van der Waals surface area contributed by atoms with E-state index >= 15 is 0 Å². The van der Waals surface area contributed by atoms with Crippen LogP contribution in [0, 0.1) is 6.92 Å². The van der Waals surface area contributed by atoms with Gasteiger partial charge in [-0.3, -0.25) is 9.59 Å². The van der Waals surface area contributed by atoms with Gasteiger partial charge in [0.25, 0.3) is 0 Å². The summed E-state index contributed by atoms with van der Waals surface area (Å²) >= 11 is 0. The van der Waals surface area contributed by atoms with Crippen molar-refractivity contribution in [1.29, 1.82) is 0 Å². The summed E-state index contributed by atoms with van der Waals surface area (Å²) in [5.41, 5.74) is 2.35. The molecular weight excluding hydrogens is 264 g/mol. The second kappa shape index (κ2) is 5.51. The van der Waals surface area contributed by atoms with Gasteiger partial charge in [-0.15, -0.1) is 0 Å². The van der Waals surface area contributed by atoms with Crippen molar-refractivity contribution in [3.8, 4) is 0 Å². The summed E-state index contributed by atoms with van der Waals surface area (Å²) in [6.45, 7) is 5.37. The zero-order valence-corrected chi connectivity index (χ0v) is 12.7. The van der Waals surface area contributed by atoms with Crippen molar-refractivity contribution < 1.29 is 9.59 Å². The topological polar surface area (TPSA) is 40.6 Å². The first-order valence-electron chi connectivity index (χ1n) is 7.74. The van der Waals surface area contributed by atoms with Gasteiger partial charge in [0.15, 0.2) is 0 Å². The van der Waals surface area contributed by atoms with E-state index in [9.17, 15) is 9.59 Å². The van der Waals surface area contributed by atoms with Crippen LogP contribution < -0.4 is 0 Å². The number of nitrogens with zero attached hydrogens (tertiary/aromatic N) is 2. The number of fused-ring (bicyclic) bond motifs is 1. The van der Waals surface area contributed by atoms with Crippen molar-refractivity contribution in [2.24, 2.45) is 0 Å². The van der Waals surface area contributed by atoms with E-state index in [0.717, 1.165) is 24.9 Å². The van der Waals surface area contributed by atoms with E-state index in [1.54, 1.807) is 4.90 Å². The second-order valence-corrected chi connectivity index (χ2v) is 6.11. The van der Waals surface area contributed by atoms with E-state index in [-0.39, 0.29) is 23.9 Å². The van der Waals surface area contributed by atoms with Crippen molar-refractivity contribution in [2.45, 2.75) is 45.2 Å². The normalized spacial score (nSPS) is 24.0. The first-order valence-corrected chi connectivity index (χ1v) is 7.74. The second-order valence-electron chi connectivity index (χ2n) is 6.11. The van der Waals surface area contributed by atoms with E-state index in [4.69, 9.17) is 0 Å². The summed E-state index contributed by atoms with van der Waals surface area (Å²) in [6.07, 6.45) is 2.19. The number of amides is 2. The highest BCUT2D eigenvalue weighted by Gasteiger charge is 2.40. The SMILES string of the molecule is Cc1ccc(C(C)N2CCC(=O)N3CCCC3C2=O)cc1. The van der Waals surface area contributed by atoms with Gasteiger partial charge in [0.2, 0.25) is 11.8 Å². The number of hydrogen-bond acceptors (Lipinski definition) is 2. The Kier molecular flexibility index (Phi) is 3.70. The van der Waals surface area contributed by atoms with Gasteiger partial charge < -0.3 is 9.80 Å². The summed E-state index contributed by atoms with van der Waals surface area (Å²) in [6, 6.07) is 8.08. The maximum Gasteiger partial charge on any atom is 0.245 e. The highest BCUT2D eigenvalue weighted by atomic mass is 16.2. The van der Waals surface area contributed by atoms with Crippen LogP contribution in [0.4, 0.5) is 0 Å². The van der Waals surface area contributed by atoms with Crippen molar-refractivity contribution in [3.05, 3.63) is 35.4 Å². The molecule has 112 valence electrons. The quantitative estimate of drug-likeness (QED) is 0.837. The third kappa shape index (κ3) is 2.55. The fourth-order valence-corrected chi connectivity index (χ4v) is 3.39. The molecule has 2 unspecified atom stereocenters. The molecule has 0 N–H and O–H groups in total. The fourth-order valence-electron chi connectivity index (χ4n) is 3.39. The van der Waals surface area contributed by atoms with E-state index in [1.807, 2.05) is 4.90 Å². The maximum absolute atomic E-state index is 12.8. The van der Waals surface area contributed by atoms with Crippen molar-refractivity contribution >= 4 is 11.8 Å². The Hall–Kier alpha value is -1.84. The molecule has 2 atom stereocenters. The highest BCUT2D eigenvalue weighted by molar-refractivity contribution is 5.90. The zero-order chi connectivity index (χ0) is 15.0. The van der Waals surface area contributed by atoms with Crippen LogP contribution in [0.2, 0.25) is 0 Å². The highest BCUT2D eigenvalue weighted by Crippen LogP contribution is 2.29. The zero-order valence-electron chi connectivity index (χ0n) is 12.7. The summed E-state index contributed by atoms with van der Waals surface area (Å²) in [7, 11) is 0. The molecule has 1 aromatic carbocycles. The van der Waals surface area contributed by atoms with Gasteiger partial charge >= 0.3 is 0 Å². The molecule has 2 aliphatic heterocycles. The van der Waals surface area contributed by atoms with Gasteiger partial charge in [-0.25, -0.2) is 0 Å². The average molecular weight is 286 g/mol. The van der Waals surface area contributed by atoms with E-state index in [0.29, 0.717) is 13.0 Å². The minimum absolute atomic E-state index is 0.0199. The van der Waals surface area contributed by atoms with Crippen LogP contribution in [0.25, 0.3) is 0 Å². The molecule has 21 heavy (non-hydrogen) atoms. The Labute approximate surface area is 125 Å². The fraction of sp³-hybridized carbons (Fsp3) is 0.529. The number of aryl methyl sites for hydroxylation is 1. The Bertz CT molecular complexity index is 552. The Morgan fingerprint density at radius 3 is 2.57 bits per heavy atom. The number of rotatable bonds is 2. The predicted molar refractivity (Wildman–Crippen MR) is 80.7 cm³/mol. The number of carbonyl (C=O) groups excluding carboxylic acids is 2. The Balaban J connectivity index is 1.85. The summed E-state index contributed by atoms with van der Waals surface area (Å²) < 4.78 is 0. The third-order valence-corrected chi connectivity index (χ3v) is 4.74. The molecule has 4 heteroatoms. The van der Waals surface area contributed by atoms with Crippen LogP contribution in [0.5, 0.6) is 0 Å². The Morgan fingerprint density at radius 2 is 1.86 bits per heavy atom. The van der Waals surface area contributed by atoms with Gasteiger partial charge in [-0.2, -0.15) is 0 Å². The first-order chi connectivity index (χ1) is 10.1. The molecule has 2 amide bonds. The van der Waals surface area contributed by atoms with Crippen LogP contribution in [-0.4, -0.2) is 40.7 Å². The molecule has 2 heterocycles. The molecule has 0 radical (unpaired) electrons. The van der Waals surface area contributed by atoms with Crippen molar-refractivity contribution in [2.75, 3.05) is 13.1 Å². The summed E-state index contributed by atoms with van der Waals surface area (Å²) in [5.74, 6) is 0.246. The number of carbonyl (C=O) groups is 2. The lowest BCUT2D eigenvalue weighted by molar-refractivity contribution is -0.140. The van der Waals surface area contributed by atoms with Crippen LogP contribution in [0.3, 0.4) is 0 Å². The minimum atomic E-state index is -0.229. The molecule has 0 saturated carbocycles. The maximum atomic E-state index is 12.8. The van der Waals surface area contributed by atoms with Gasteiger partial charge in [0, 0.05) is 19.5 Å². The molecule has 0 spiro atoms. The van der Waals surface area contributed by atoms with Gasteiger partial charge in [0.05, 0.1) is 6.04 Å². The molecule has 2 fully saturated rings. The predicted octanol–water partition coefficient (Wildman–Crippen LogP) is 2.28. The van der Waals surface area contributed by atoms with E-state index in [2.05, 4.69) is 38.1 Å². The number of benzene rings is 1. The first kappa shape index (κ1) is 14.1. The molecule has 3 rings (SSSR count). The largest absolute Gasteiger partial charge is 0.334 e.